The van der Waals surface area contributed by atoms with Gasteiger partial charge >= 0.3 is 0 Å². The maximum atomic E-state index is 5.68. The third kappa shape index (κ3) is 2.82. The molecule has 1 nitrogen and oxygen atoms in total. The molecule has 66 valence electrons. The Labute approximate surface area is 70.4 Å². The first-order valence-corrected chi connectivity index (χ1v) is 4.75. The quantitative estimate of drug-likeness (QED) is 0.663. The molecule has 0 aromatic rings. The van der Waals surface area contributed by atoms with Gasteiger partial charge < -0.3 is 5.73 Å². The molecule has 1 fully saturated rings. The second-order valence-electron chi connectivity index (χ2n) is 4.89. The van der Waals surface area contributed by atoms with Crippen LogP contribution in [0.3, 0.4) is 0 Å². The van der Waals surface area contributed by atoms with Crippen molar-refractivity contribution in [2.75, 3.05) is 6.54 Å². The van der Waals surface area contributed by atoms with E-state index >= 15 is 0 Å². The molecule has 1 saturated carbocycles. The van der Waals surface area contributed by atoms with Crippen LogP contribution < -0.4 is 5.73 Å². The lowest BCUT2D eigenvalue weighted by molar-refractivity contribution is 0.269. The van der Waals surface area contributed by atoms with E-state index in [1.807, 2.05) is 0 Å². The minimum absolute atomic E-state index is 0.363. The highest BCUT2D eigenvalue weighted by Crippen LogP contribution is 2.41. The smallest absolute Gasteiger partial charge is 0.00257 e. The van der Waals surface area contributed by atoms with Gasteiger partial charge in [-0.2, -0.15) is 0 Å². The van der Waals surface area contributed by atoms with Crippen LogP contribution in [0.4, 0.5) is 0 Å². The fraction of sp³-hybridized carbons (Fsp3) is 1.00. The Bertz CT molecular complexity index is 125. The molecule has 1 heteroatoms. The Kier molecular flexibility index (Phi) is 2.58. The Morgan fingerprint density at radius 1 is 1.45 bits per heavy atom. The van der Waals surface area contributed by atoms with E-state index in [4.69, 9.17) is 5.73 Å². The fourth-order valence-electron chi connectivity index (χ4n) is 1.79. The molecule has 1 atom stereocenters. The fourth-order valence-corrected chi connectivity index (χ4v) is 1.79. The lowest BCUT2D eigenvalue weighted by atomic mass is 9.82. The predicted molar refractivity (Wildman–Crippen MR) is 49.3 cm³/mol. The maximum Gasteiger partial charge on any atom is -0.00257 e. The van der Waals surface area contributed by atoms with Gasteiger partial charge in [0.2, 0.25) is 0 Å². The van der Waals surface area contributed by atoms with Crippen LogP contribution in [0.5, 0.6) is 0 Å². The molecule has 1 unspecified atom stereocenters. The van der Waals surface area contributed by atoms with Crippen molar-refractivity contribution in [1.82, 2.24) is 0 Å². The average molecular weight is 155 g/mol. The van der Waals surface area contributed by atoms with Crippen LogP contribution >= 0.6 is 0 Å². The lowest BCUT2D eigenvalue weighted by Crippen LogP contribution is -2.26. The Balaban J connectivity index is 2.27. The molecule has 0 bridgehead atoms. The van der Waals surface area contributed by atoms with Crippen molar-refractivity contribution in [3.63, 3.8) is 0 Å². The number of hydrogen-bond donors (Lipinski definition) is 1. The molecule has 1 aliphatic carbocycles. The van der Waals surface area contributed by atoms with Gasteiger partial charge in [-0.1, -0.05) is 20.8 Å². The second kappa shape index (κ2) is 3.14. The first-order valence-electron chi connectivity index (χ1n) is 4.75. The van der Waals surface area contributed by atoms with Crippen LogP contribution in [0.2, 0.25) is 0 Å². The first kappa shape index (κ1) is 9.05. The summed E-state index contributed by atoms with van der Waals surface area (Å²) in [5.74, 6) is 1.93. The molecule has 0 radical (unpaired) electrons. The zero-order valence-corrected chi connectivity index (χ0v) is 8.06. The Hall–Kier alpha value is -0.0400. The SMILES string of the molecule is CC(CC(C)(C)CN)C1CC1. The van der Waals surface area contributed by atoms with E-state index < -0.39 is 0 Å². The second-order valence-corrected chi connectivity index (χ2v) is 4.89. The van der Waals surface area contributed by atoms with Gasteiger partial charge in [-0.25, -0.2) is 0 Å². The average Bonchev–Trinajstić information content (AvgIpc) is 2.67. The molecule has 0 amide bonds. The van der Waals surface area contributed by atoms with E-state index in [-0.39, 0.29) is 0 Å². The van der Waals surface area contributed by atoms with Crippen LogP contribution in [0.25, 0.3) is 0 Å². The summed E-state index contributed by atoms with van der Waals surface area (Å²) in [4.78, 5) is 0. The van der Waals surface area contributed by atoms with Crippen molar-refractivity contribution < 1.29 is 0 Å². The first-order chi connectivity index (χ1) is 5.05. The molecule has 0 aliphatic heterocycles. The van der Waals surface area contributed by atoms with Crippen LogP contribution in [-0.2, 0) is 0 Å². The van der Waals surface area contributed by atoms with Gasteiger partial charge in [-0.15, -0.1) is 0 Å². The molecule has 1 aliphatic rings. The summed E-state index contributed by atoms with van der Waals surface area (Å²) >= 11 is 0. The van der Waals surface area contributed by atoms with Gasteiger partial charge in [-0.05, 0) is 43.1 Å². The lowest BCUT2D eigenvalue weighted by Gasteiger charge is -2.26. The van der Waals surface area contributed by atoms with Crippen molar-refractivity contribution in [2.45, 2.75) is 40.0 Å². The normalized spacial score (nSPS) is 21.8. The third-order valence-corrected chi connectivity index (χ3v) is 2.85. The van der Waals surface area contributed by atoms with E-state index in [1.54, 1.807) is 0 Å². The summed E-state index contributed by atoms with van der Waals surface area (Å²) in [6, 6.07) is 0. The van der Waals surface area contributed by atoms with E-state index in [1.165, 1.54) is 19.3 Å². The minimum Gasteiger partial charge on any atom is -0.330 e. The van der Waals surface area contributed by atoms with Gasteiger partial charge in [0.1, 0.15) is 0 Å². The van der Waals surface area contributed by atoms with Crippen molar-refractivity contribution in [2.24, 2.45) is 23.0 Å². The summed E-state index contributed by atoms with van der Waals surface area (Å²) in [7, 11) is 0. The molecule has 1 rings (SSSR count). The van der Waals surface area contributed by atoms with E-state index in [0.717, 1.165) is 18.4 Å². The molecular formula is C10H21N. The molecule has 0 aromatic carbocycles. The van der Waals surface area contributed by atoms with Crippen LogP contribution in [0.15, 0.2) is 0 Å². The monoisotopic (exact) mass is 155 g/mol. The highest BCUT2D eigenvalue weighted by Gasteiger charge is 2.31. The number of nitrogens with two attached hydrogens (primary N) is 1. The molecule has 0 saturated heterocycles. The minimum atomic E-state index is 0.363. The Morgan fingerprint density at radius 3 is 2.36 bits per heavy atom. The molecule has 0 spiro atoms. The van der Waals surface area contributed by atoms with Gasteiger partial charge in [-0.3, -0.25) is 0 Å². The van der Waals surface area contributed by atoms with Crippen LogP contribution in [0, 0.1) is 17.3 Å². The van der Waals surface area contributed by atoms with Gasteiger partial charge in [0.15, 0.2) is 0 Å². The molecular weight excluding hydrogens is 134 g/mol. The van der Waals surface area contributed by atoms with Crippen LogP contribution in [-0.4, -0.2) is 6.54 Å². The highest BCUT2D eigenvalue weighted by molar-refractivity contribution is 4.83. The Morgan fingerprint density at radius 2 is 2.00 bits per heavy atom. The number of rotatable bonds is 4. The zero-order chi connectivity index (χ0) is 8.48. The third-order valence-electron chi connectivity index (χ3n) is 2.85. The van der Waals surface area contributed by atoms with Gasteiger partial charge in [0.25, 0.3) is 0 Å². The maximum absolute atomic E-state index is 5.68. The highest BCUT2D eigenvalue weighted by atomic mass is 14.6. The standard InChI is InChI=1S/C10H21N/c1-8(9-4-5-9)6-10(2,3)7-11/h8-9H,4-7,11H2,1-3H3. The van der Waals surface area contributed by atoms with Gasteiger partial charge in [0, 0.05) is 0 Å². The summed E-state index contributed by atoms with van der Waals surface area (Å²) in [5, 5.41) is 0. The van der Waals surface area contributed by atoms with Crippen LogP contribution in [0.1, 0.15) is 40.0 Å². The van der Waals surface area contributed by atoms with Crippen molar-refractivity contribution >= 4 is 0 Å². The van der Waals surface area contributed by atoms with Crippen molar-refractivity contribution in [1.29, 1.82) is 0 Å². The zero-order valence-electron chi connectivity index (χ0n) is 8.06. The summed E-state index contributed by atoms with van der Waals surface area (Å²) in [5.41, 5.74) is 6.04. The van der Waals surface area contributed by atoms with Crippen molar-refractivity contribution in [3.8, 4) is 0 Å². The summed E-state index contributed by atoms with van der Waals surface area (Å²) in [6.07, 6.45) is 4.22. The predicted octanol–water partition coefficient (Wildman–Crippen LogP) is 2.41. The van der Waals surface area contributed by atoms with Crippen molar-refractivity contribution in [3.05, 3.63) is 0 Å². The summed E-state index contributed by atoms with van der Waals surface area (Å²) in [6.45, 7) is 7.73. The van der Waals surface area contributed by atoms with Gasteiger partial charge in [0.05, 0.1) is 0 Å². The van der Waals surface area contributed by atoms with E-state index in [0.29, 0.717) is 5.41 Å². The van der Waals surface area contributed by atoms with E-state index in [9.17, 15) is 0 Å². The largest absolute Gasteiger partial charge is 0.330 e. The number of hydrogen-bond acceptors (Lipinski definition) is 1. The molecule has 0 aromatic heterocycles. The molecule has 0 heterocycles. The summed E-state index contributed by atoms with van der Waals surface area (Å²) < 4.78 is 0. The van der Waals surface area contributed by atoms with E-state index in [2.05, 4.69) is 20.8 Å². The molecule has 11 heavy (non-hydrogen) atoms. The topological polar surface area (TPSA) is 26.0 Å². The molecule has 2 N–H and O–H groups in total.